The number of hydrogen-bond donors (Lipinski definition) is 1. The molecule has 0 aliphatic heterocycles. The zero-order valence-electron chi connectivity index (χ0n) is 13.0. The van der Waals surface area contributed by atoms with Crippen LogP contribution < -0.4 is 5.32 Å². The highest BCUT2D eigenvalue weighted by molar-refractivity contribution is 5.77. The van der Waals surface area contributed by atoms with Crippen molar-refractivity contribution in [3.63, 3.8) is 0 Å². The Balaban J connectivity index is 2.74. The summed E-state index contributed by atoms with van der Waals surface area (Å²) in [5, 5.41) is 3.32. The Morgan fingerprint density at radius 1 is 1.26 bits per heavy atom. The molecule has 1 amide bonds. The summed E-state index contributed by atoms with van der Waals surface area (Å²) in [7, 11) is 1.83. The van der Waals surface area contributed by atoms with Gasteiger partial charge in [0, 0.05) is 19.6 Å². The number of rotatable bonds is 5. The summed E-state index contributed by atoms with van der Waals surface area (Å²) in [5.41, 5.74) is 5.16. The van der Waals surface area contributed by atoms with Gasteiger partial charge in [-0.1, -0.05) is 17.7 Å². The van der Waals surface area contributed by atoms with Crippen LogP contribution in [0.1, 0.15) is 42.1 Å². The molecule has 1 aromatic rings. The summed E-state index contributed by atoms with van der Waals surface area (Å²) in [6, 6.07) is 4.58. The molecule has 1 atom stereocenters. The summed E-state index contributed by atoms with van der Waals surface area (Å²) < 4.78 is 0. The average Bonchev–Trinajstić information content (AvgIpc) is 2.33. The van der Waals surface area contributed by atoms with Crippen molar-refractivity contribution in [2.24, 2.45) is 0 Å². The van der Waals surface area contributed by atoms with Gasteiger partial charge in [-0.2, -0.15) is 0 Å². The largest absolute Gasteiger partial charge is 0.345 e. The van der Waals surface area contributed by atoms with Gasteiger partial charge in [-0.05, 0) is 51.3 Å². The highest BCUT2D eigenvalue weighted by Crippen LogP contribution is 2.23. The third kappa shape index (κ3) is 4.06. The van der Waals surface area contributed by atoms with Gasteiger partial charge in [-0.25, -0.2) is 0 Å². The fourth-order valence-electron chi connectivity index (χ4n) is 2.53. The molecule has 0 radical (unpaired) electrons. The number of nitrogens with one attached hydrogen (secondary N) is 1. The van der Waals surface area contributed by atoms with Crippen molar-refractivity contribution in [3.05, 3.63) is 34.4 Å². The van der Waals surface area contributed by atoms with E-state index in [2.05, 4.69) is 45.1 Å². The predicted molar refractivity (Wildman–Crippen MR) is 80.4 cm³/mol. The zero-order chi connectivity index (χ0) is 14.6. The van der Waals surface area contributed by atoms with E-state index in [-0.39, 0.29) is 11.9 Å². The summed E-state index contributed by atoms with van der Waals surface area (Å²) in [5.74, 6) is 0.136. The van der Waals surface area contributed by atoms with Gasteiger partial charge < -0.3 is 10.2 Å². The number of hydrogen-bond acceptors (Lipinski definition) is 2. The lowest BCUT2D eigenvalue weighted by atomic mass is 9.95. The average molecular weight is 262 g/mol. The molecule has 0 aliphatic rings. The third-order valence-corrected chi connectivity index (χ3v) is 3.63. The van der Waals surface area contributed by atoms with Gasteiger partial charge in [-0.3, -0.25) is 4.79 Å². The van der Waals surface area contributed by atoms with Crippen LogP contribution in [0.5, 0.6) is 0 Å². The van der Waals surface area contributed by atoms with Crippen LogP contribution in [-0.2, 0) is 4.79 Å². The normalized spacial score (nSPS) is 12.3. The fourth-order valence-corrected chi connectivity index (χ4v) is 2.53. The number of nitrogens with zero attached hydrogens (tertiary/aromatic N) is 1. The maximum absolute atomic E-state index is 11.8. The molecule has 0 saturated carbocycles. The van der Waals surface area contributed by atoms with E-state index in [1.165, 1.54) is 22.3 Å². The highest BCUT2D eigenvalue weighted by atomic mass is 16.2. The molecular weight excluding hydrogens is 236 g/mol. The van der Waals surface area contributed by atoms with Gasteiger partial charge in [0.05, 0.1) is 6.54 Å². The SMILES string of the molecule is CCN(C)C(=O)CNC(C)c1c(C)cc(C)cc1C. The van der Waals surface area contributed by atoms with Crippen LogP contribution in [0, 0.1) is 20.8 Å². The second-order valence-corrected chi connectivity index (χ2v) is 5.32. The van der Waals surface area contributed by atoms with Gasteiger partial charge in [0.25, 0.3) is 0 Å². The van der Waals surface area contributed by atoms with Crippen LogP contribution >= 0.6 is 0 Å². The van der Waals surface area contributed by atoms with E-state index in [0.717, 1.165) is 6.54 Å². The molecule has 0 aliphatic carbocycles. The van der Waals surface area contributed by atoms with Crippen molar-refractivity contribution < 1.29 is 4.79 Å². The van der Waals surface area contributed by atoms with Gasteiger partial charge in [0.15, 0.2) is 0 Å². The summed E-state index contributed by atoms with van der Waals surface area (Å²) >= 11 is 0. The Kier molecular flexibility index (Phi) is 5.55. The van der Waals surface area contributed by atoms with E-state index in [4.69, 9.17) is 0 Å². The van der Waals surface area contributed by atoms with Crippen LogP contribution in [0.3, 0.4) is 0 Å². The smallest absolute Gasteiger partial charge is 0.236 e. The first kappa shape index (κ1) is 15.7. The van der Waals surface area contributed by atoms with E-state index in [1.54, 1.807) is 4.90 Å². The van der Waals surface area contributed by atoms with Crippen LogP contribution in [0.2, 0.25) is 0 Å². The van der Waals surface area contributed by atoms with Crippen molar-refractivity contribution in [1.29, 1.82) is 0 Å². The van der Waals surface area contributed by atoms with Crippen molar-refractivity contribution in [2.45, 2.75) is 40.7 Å². The molecule has 0 bridgehead atoms. The zero-order valence-corrected chi connectivity index (χ0v) is 13.0. The van der Waals surface area contributed by atoms with Crippen molar-refractivity contribution >= 4 is 5.91 Å². The quantitative estimate of drug-likeness (QED) is 0.885. The second kappa shape index (κ2) is 6.71. The minimum absolute atomic E-state index is 0.136. The topological polar surface area (TPSA) is 32.3 Å². The number of likely N-dealkylation sites (N-methyl/N-ethyl adjacent to an activating group) is 1. The number of carbonyl (C=O) groups excluding carboxylic acids is 1. The highest BCUT2D eigenvalue weighted by Gasteiger charge is 2.14. The molecule has 0 saturated heterocycles. The Hall–Kier alpha value is -1.35. The van der Waals surface area contributed by atoms with E-state index < -0.39 is 0 Å². The Morgan fingerprint density at radius 3 is 2.26 bits per heavy atom. The molecule has 0 heterocycles. The number of benzene rings is 1. The molecule has 19 heavy (non-hydrogen) atoms. The van der Waals surface area contributed by atoms with Crippen molar-refractivity contribution in [1.82, 2.24) is 10.2 Å². The summed E-state index contributed by atoms with van der Waals surface area (Å²) in [4.78, 5) is 13.5. The van der Waals surface area contributed by atoms with Gasteiger partial charge in [0.1, 0.15) is 0 Å². The minimum Gasteiger partial charge on any atom is -0.345 e. The lowest BCUT2D eigenvalue weighted by molar-refractivity contribution is -0.128. The van der Waals surface area contributed by atoms with Crippen LogP contribution in [0.25, 0.3) is 0 Å². The van der Waals surface area contributed by atoms with E-state index >= 15 is 0 Å². The van der Waals surface area contributed by atoms with Crippen LogP contribution in [0.4, 0.5) is 0 Å². The predicted octanol–water partition coefficient (Wildman–Crippen LogP) is 2.74. The Bertz CT molecular complexity index is 431. The molecule has 1 aromatic carbocycles. The molecule has 0 aromatic heterocycles. The molecule has 1 rings (SSSR count). The number of aryl methyl sites for hydroxylation is 3. The van der Waals surface area contributed by atoms with Crippen molar-refractivity contribution in [2.75, 3.05) is 20.1 Å². The molecule has 106 valence electrons. The molecule has 1 N–H and O–H groups in total. The van der Waals surface area contributed by atoms with E-state index in [9.17, 15) is 4.79 Å². The first-order valence-corrected chi connectivity index (χ1v) is 6.91. The standard InChI is InChI=1S/C16H26N2O/c1-7-18(6)15(19)10-17-14(5)16-12(3)8-11(2)9-13(16)4/h8-9,14,17H,7,10H2,1-6H3. The minimum atomic E-state index is 0.136. The lowest BCUT2D eigenvalue weighted by Gasteiger charge is -2.21. The van der Waals surface area contributed by atoms with Crippen LogP contribution in [-0.4, -0.2) is 30.9 Å². The van der Waals surface area contributed by atoms with Gasteiger partial charge in [0.2, 0.25) is 5.91 Å². The molecule has 3 heteroatoms. The first-order chi connectivity index (χ1) is 8.86. The first-order valence-electron chi connectivity index (χ1n) is 6.91. The lowest BCUT2D eigenvalue weighted by Crippen LogP contribution is -2.36. The molecule has 0 spiro atoms. The maximum atomic E-state index is 11.8. The van der Waals surface area contributed by atoms with Gasteiger partial charge >= 0.3 is 0 Å². The fraction of sp³-hybridized carbons (Fsp3) is 0.562. The van der Waals surface area contributed by atoms with E-state index in [1.807, 2.05) is 14.0 Å². The molecule has 3 nitrogen and oxygen atoms in total. The number of carbonyl (C=O) groups is 1. The molecular formula is C16H26N2O. The third-order valence-electron chi connectivity index (χ3n) is 3.63. The van der Waals surface area contributed by atoms with Gasteiger partial charge in [-0.15, -0.1) is 0 Å². The summed E-state index contributed by atoms with van der Waals surface area (Å²) in [6.45, 7) is 11.6. The second-order valence-electron chi connectivity index (χ2n) is 5.32. The summed E-state index contributed by atoms with van der Waals surface area (Å²) in [6.07, 6.45) is 0. The number of amides is 1. The van der Waals surface area contributed by atoms with Crippen LogP contribution in [0.15, 0.2) is 12.1 Å². The van der Waals surface area contributed by atoms with Crippen molar-refractivity contribution in [3.8, 4) is 0 Å². The Morgan fingerprint density at radius 2 is 1.79 bits per heavy atom. The maximum Gasteiger partial charge on any atom is 0.236 e. The van der Waals surface area contributed by atoms with E-state index in [0.29, 0.717) is 6.54 Å². The monoisotopic (exact) mass is 262 g/mol. The Labute approximate surface area is 117 Å². The molecule has 0 fully saturated rings. The molecule has 1 unspecified atom stereocenters.